The number of hydrogen-bond donors (Lipinski definition) is 1. The molecule has 0 radical (unpaired) electrons. The topological polar surface area (TPSA) is 57.6 Å². The number of amides is 1. The van der Waals surface area contributed by atoms with Crippen LogP contribution in [-0.4, -0.2) is 34.0 Å². The van der Waals surface area contributed by atoms with Gasteiger partial charge in [0.15, 0.2) is 0 Å². The van der Waals surface area contributed by atoms with Gasteiger partial charge in [-0.25, -0.2) is 4.79 Å². The maximum Gasteiger partial charge on any atom is 0.326 e. The van der Waals surface area contributed by atoms with Crippen LogP contribution in [-0.2, 0) is 9.59 Å². The Morgan fingerprint density at radius 3 is 2.54 bits per heavy atom. The zero-order valence-electron chi connectivity index (χ0n) is 7.56. The number of carbonyl (C=O) groups excluding carboxylic acids is 1. The van der Waals surface area contributed by atoms with Gasteiger partial charge in [0.2, 0.25) is 5.91 Å². The van der Waals surface area contributed by atoms with E-state index in [0.717, 1.165) is 19.3 Å². The summed E-state index contributed by atoms with van der Waals surface area (Å²) in [7, 11) is 0. The van der Waals surface area contributed by atoms with Crippen molar-refractivity contribution >= 4 is 11.9 Å². The third kappa shape index (κ3) is 1.12. The zero-order valence-corrected chi connectivity index (χ0v) is 7.56. The number of hydrogen-bond acceptors (Lipinski definition) is 2. The highest BCUT2D eigenvalue weighted by Crippen LogP contribution is 2.42. The predicted molar refractivity (Wildman–Crippen MR) is 45.1 cm³/mol. The van der Waals surface area contributed by atoms with Crippen LogP contribution >= 0.6 is 0 Å². The van der Waals surface area contributed by atoms with Crippen LogP contribution in [0.3, 0.4) is 0 Å². The van der Waals surface area contributed by atoms with Crippen LogP contribution in [0, 0.1) is 5.92 Å². The highest BCUT2D eigenvalue weighted by molar-refractivity contribution is 5.84. The molecule has 1 amide bonds. The molecule has 1 aliphatic heterocycles. The third-order valence-electron chi connectivity index (χ3n) is 3.20. The second-order valence-electron chi connectivity index (χ2n) is 3.94. The molecule has 1 saturated carbocycles. The molecule has 0 aromatic rings. The van der Waals surface area contributed by atoms with E-state index in [1.807, 2.05) is 0 Å². The number of likely N-dealkylation sites (tertiary alicyclic amines) is 1. The van der Waals surface area contributed by atoms with E-state index in [2.05, 4.69) is 0 Å². The van der Waals surface area contributed by atoms with E-state index in [4.69, 9.17) is 5.11 Å². The predicted octanol–water partition coefficient (Wildman–Crippen LogP) is 0.470. The summed E-state index contributed by atoms with van der Waals surface area (Å²) in [4.78, 5) is 23.7. The maximum absolute atomic E-state index is 11.2. The first-order valence-electron chi connectivity index (χ1n) is 4.63. The fourth-order valence-electron chi connectivity index (χ4n) is 2.76. The zero-order chi connectivity index (χ0) is 9.59. The first kappa shape index (κ1) is 8.53. The lowest BCUT2D eigenvalue weighted by Crippen LogP contribution is -2.48. The molecule has 2 aliphatic rings. The molecule has 4 heteroatoms. The fraction of sp³-hybridized carbons (Fsp3) is 0.778. The molecule has 1 aliphatic carbocycles. The summed E-state index contributed by atoms with van der Waals surface area (Å²) in [6.07, 6.45) is 2.83. The van der Waals surface area contributed by atoms with Crippen LogP contribution in [0.2, 0.25) is 0 Å². The van der Waals surface area contributed by atoms with Gasteiger partial charge in [0.1, 0.15) is 6.04 Å². The number of piperidine rings is 1. The summed E-state index contributed by atoms with van der Waals surface area (Å²) in [5, 5.41) is 8.96. The molecule has 0 aromatic heterocycles. The number of nitrogens with zero attached hydrogens (tertiary/aromatic N) is 1. The van der Waals surface area contributed by atoms with Crippen LogP contribution in [0.25, 0.3) is 0 Å². The lowest BCUT2D eigenvalue weighted by atomic mass is 9.99. The van der Waals surface area contributed by atoms with Crippen molar-refractivity contribution in [3.63, 3.8) is 0 Å². The van der Waals surface area contributed by atoms with Crippen molar-refractivity contribution in [3.8, 4) is 0 Å². The van der Waals surface area contributed by atoms with Gasteiger partial charge < -0.3 is 10.0 Å². The Labute approximate surface area is 76.5 Å². The van der Waals surface area contributed by atoms with Crippen molar-refractivity contribution < 1.29 is 14.7 Å². The standard InChI is InChI=1S/C9H13NO3/c1-5(11)10-7-3-2-6(4-7)8(10)9(12)13/h6-8H,2-4H2,1H3,(H,12,13)/t6-,7+,8+/m1/s1. The van der Waals surface area contributed by atoms with Crippen molar-refractivity contribution in [2.24, 2.45) is 5.92 Å². The van der Waals surface area contributed by atoms with Gasteiger partial charge in [-0.15, -0.1) is 0 Å². The molecule has 1 heterocycles. The van der Waals surface area contributed by atoms with Gasteiger partial charge in [-0.05, 0) is 25.2 Å². The van der Waals surface area contributed by atoms with Crippen molar-refractivity contribution in [1.29, 1.82) is 0 Å². The van der Waals surface area contributed by atoms with Gasteiger partial charge >= 0.3 is 5.97 Å². The highest BCUT2D eigenvalue weighted by Gasteiger charge is 2.50. The van der Waals surface area contributed by atoms with Gasteiger partial charge in [0.05, 0.1) is 0 Å². The monoisotopic (exact) mass is 183 g/mol. The molecule has 72 valence electrons. The molecule has 3 atom stereocenters. The summed E-state index contributed by atoms with van der Waals surface area (Å²) < 4.78 is 0. The Balaban J connectivity index is 2.24. The molecule has 1 N–H and O–H groups in total. The summed E-state index contributed by atoms with van der Waals surface area (Å²) >= 11 is 0. The van der Waals surface area contributed by atoms with Crippen LogP contribution in [0.4, 0.5) is 0 Å². The van der Waals surface area contributed by atoms with Crippen molar-refractivity contribution in [2.75, 3.05) is 0 Å². The molecule has 0 aromatic carbocycles. The second kappa shape index (κ2) is 2.72. The lowest BCUT2D eigenvalue weighted by molar-refractivity contribution is -0.151. The molecule has 2 fully saturated rings. The van der Waals surface area contributed by atoms with Gasteiger partial charge in [-0.1, -0.05) is 0 Å². The van der Waals surface area contributed by atoms with Crippen molar-refractivity contribution in [3.05, 3.63) is 0 Å². The maximum atomic E-state index is 11.2. The minimum atomic E-state index is -0.845. The van der Waals surface area contributed by atoms with E-state index in [-0.39, 0.29) is 17.9 Å². The minimum Gasteiger partial charge on any atom is -0.480 e. The van der Waals surface area contributed by atoms with E-state index in [0.29, 0.717) is 0 Å². The lowest BCUT2D eigenvalue weighted by Gasteiger charge is -2.31. The number of aliphatic carboxylic acids is 1. The Morgan fingerprint density at radius 2 is 2.08 bits per heavy atom. The fourth-order valence-corrected chi connectivity index (χ4v) is 2.76. The average molecular weight is 183 g/mol. The Morgan fingerprint density at radius 1 is 1.38 bits per heavy atom. The smallest absolute Gasteiger partial charge is 0.326 e. The molecule has 4 nitrogen and oxygen atoms in total. The Bertz CT molecular complexity index is 238. The van der Waals surface area contributed by atoms with E-state index in [9.17, 15) is 9.59 Å². The van der Waals surface area contributed by atoms with E-state index < -0.39 is 12.0 Å². The van der Waals surface area contributed by atoms with E-state index in [1.165, 1.54) is 6.92 Å². The molecule has 2 rings (SSSR count). The van der Waals surface area contributed by atoms with E-state index in [1.54, 1.807) is 4.90 Å². The largest absolute Gasteiger partial charge is 0.480 e. The average Bonchev–Trinajstić information content (AvgIpc) is 2.60. The number of fused-ring (bicyclic) bond motifs is 2. The molecule has 0 unspecified atom stereocenters. The number of carboxylic acids is 1. The molecular formula is C9H13NO3. The van der Waals surface area contributed by atoms with Gasteiger partial charge in [-0.3, -0.25) is 4.79 Å². The van der Waals surface area contributed by atoms with Crippen LogP contribution in [0.5, 0.6) is 0 Å². The first-order valence-corrected chi connectivity index (χ1v) is 4.63. The molecule has 13 heavy (non-hydrogen) atoms. The summed E-state index contributed by atoms with van der Waals surface area (Å²) in [6.45, 7) is 1.46. The van der Waals surface area contributed by atoms with Crippen LogP contribution < -0.4 is 0 Å². The molecule has 1 saturated heterocycles. The summed E-state index contributed by atoms with van der Waals surface area (Å²) in [6, 6.07) is -0.347. The minimum absolute atomic E-state index is 0.0976. The normalized spacial score (nSPS) is 36.7. The number of rotatable bonds is 1. The van der Waals surface area contributed by atoms with Crippen molar-refractivity contribution in [2.45, 2.75) is 38.3 Å². The Kier molecular flexibility index (Phi) is 1.78. The van der Waals surface area contributed by atoms with E-state index >= 15 is 0 Å². The Hall–Kier alpha value is -1.06. The number of carbonyl (C=O) groups is 2. The van der Waals surface area contributed by atoms with Gasteiger partial charge in [0, 0.05) is 13.0 Å². The van der Waals surface area contributed by atoms with Crippen molar-refractivity contribution in [1.82, 2.24) is 4.90 Å². The van der Waals surface area contributed by atoms with Gasteiger partial charge in [0.25, 0.3) is 0 Å². The third-order valence-corrected chi connectivity index (χ3v) is 3.20. The van der Waals surface area contributed by atoms with Crippen LogP contribution in [0.15, 0.2) is 0 Å². The molecular weight excluding hydrogens is 170 g/mol. The molecule has 0 spiro atoms. The second-order valence-corrected chi connectivity index (χ2v) is 3.94. The summed E-state index contributed by atoms with van der Waals surface area (Å²) in [5.41, 5.74) is 0. The van der Waals surface area contributed by atoms with Gasteiger partial charge in [-0.2, -0.15) is 0 Å². The first-order chi connectivity index (χ1) is 6.11. The quantitative estimate of drug-likeness (QED) is 0.643. The van der Waals surface area contributed by atoms with Crippen LogP contribution in [0.1, 0.15) is 26.2 Å². The SMILES string of the molecule is CC(=O)N1[C@H]2CC[C@H](C2)[C@H]1C(=O)O. The highest BCUT2D eigenvalue weighted by atomic mass is 16.4. The molecule has 2 bridgehead atoms. The summed E-state index contributed by atoms with van der Waals surface area (Å²) in [5.74, 6) is -0.742. The number of carboxylic acid groups (broad SMARTS) is 1.